The Morgan fingerprint density at radius 1 is 1.22 bits per heavy atom. The third kappa shape index (κ3) is 5.22. The minimum atomic E-state index is -0.569. The predicted octanol–water partition coefficient (Wildman–Crippen LogP) is 2.94. The highest BCUT2D eigenvalue weighted by Crippen LogP contribution is 2.38. The number of nitrogens with zero attached hydrogens (tertiary/aromatic N) is 2. The summed E-state index contributed by atoms with van der Waals surface area (Å²) in [5.41, 5.74) is 0.804. The van der Waals surface area contributed by atoms with Crippen molar-refractivity contribution in [3.63, 3.8) is 0 Å². The van der Waals surface area contributed by atoms with Gasteiger partial charge in [-0.2, -0.15) is 0 Å². The molecule has 0 radical (unpaired) electrons. The van der Waals surface area contributed by atoms with Crippen LogP contribution in [0, 0.1) is 0 Å². The highest BCUT2D eigenvalue weighted by Gasteiger charge is 2.25. The van der Waals surface area contributed by atoms with Gasteiger partial charge in [-0.05, 0) is 11.3 Å². The van der Waals surface area contributed by atoms with Crippen LogP contribution < -0.4 is 10.6 Å². The Morgan fingerprint density at radius 3 is 2.57 bits per heavy atom. The van der Waals surface area contributed by atoms with Crippen LogP contribution in [-0.4, -0.2) is 34.9 Å². The van der Waals surface area contributed by atoms with Gasteiger partial charge in [-0.1, -0.05) is 72.1 Å². The molecule has 0 saturated carbocycles. The van der Waals surface area contributed by atoms with Gasteiger partial charge in [0.05, 0.1) is 0 Å². The molecule has 122 valence electrons. The van der Waals surface area contributed by atoms with Crippen molar-refractivity contribution in [3.8, 4) is 0 Å². The lowest BCUT2D eigenvalue weighted by Crippen LogP contribution is -2.39. The molecule has 0 spiro atoms. The Bertz CT molecular complexity index is 663. The van der Waals surface area contributed by atoms with Gasteiger partial charge in [-0.25, -0.2) is 4.79 Å². The molecular weight excluding hydrogens is 352 g/mol. The second kappa shape index (κ2) is 8.90. The molecule has 1 aromatic heterocycles. The first-order chi connectivity index (χ1) is 11.1. The van der Waals surface area contributed by atoms with Gasteiger partial charge in [0, 0.05) is 7.05 Å². The molecule has 0 aliphatic rings. The first kappa shape index (κ1) is 17.8. The van der Waals surface area contributed by atoms with Gasteiger partial charge in [0.25, 0.3) is 0 Å². The smallest absolute Gasteiger partial charge is 0.321 e. The summed E-state index contributed by atoms with van der Waals surface area (Å²) in [6, 6.07) is 8.76. The van der Waals surface area contributed by atoms with Gasteiger partial charge in [0.1, 0.15) is 5.25 Å². The Balaban J connectivity index is 2.19. The average molecular weight is 369 g/mol. The minimum absolute atomic E-state index is 0.388. The van der Waals surface area contributed by atoms with E-state index in [1.54, 1.807) is 11.8 Å². The molecule has 0 fully saturated rings. The van der Waals surface area contributed by atoms with Crippen molar-refractivity contribution < 1.29 is 9.59 Å². The lowest BCUT2D eigenvalue weighted by molar-refractivity contribution is -0.119. The van der Waals surface area contributed by atoms with Crippen molar-refractivity contribution >= 4 is 46.8 Å². The third-order valence-electron chi connectivity index (χ3n) is 2.68. The lowest BCUT2D eigenvalue weighted by atomic mass is 10.1. The standard InChI is InChI=1S/C14H16N4O2S3/c1-3-21-13-17-18-14(23-13)22-10(9-7-5-4-6-8-9)11(19)16-12(20)15-2/h4-8,10H,3H2,1-2H3,(H2,15,16,19,20)/t10-/m0/s1. The highest BCUT2D eigenvalue weighted by molar-refractivity contribution is 8.03. The molecule has 2 rings (SSSR count). The van der Waals surface area contributed by atoms with E-state index in [0.717, 1.165) is 15.7 Å². The van der Waals surface area contributed by atoms with E-state index in [1.165, 1.54) is 30.1 Å². The van der Waals surface area contributed by atoms with Crippen LogP contribution in [0.4, 0.5) is 4.79 Å². The number of carbonyl (C=O) groups is 2. The van der Waals surface area contributed by atoms with Crippen LogP contribution in [0.5, 0.6) is 0 Å². The quantitative estimate of drug-likeness (QED) is 0.763. The number of hydrogen-bond donors (Lipinski definition) is 2. The molecule has 9 heteroatoms. The van der Waals surface area contributed by atoms with E-state index in [4.69, 9.17) is 0 Å². The number of thioether (sulfide) groups is 2. The van der Waals surface area contributed by atoms with Crippen LogP contribution in [0.25, 0.3) is 0 Å². The van der Waals surface area contributed by atoms with Crippen LogP contribution in [0.15, 0.2) is 39.0 Å². The van der Waals surface area contributed by atoms with Crippen molar-refractivity contribution in [1.29, 1.82) is 0 Å². The van der Waals surface area contributed by atoms with Crippen LogP contribution in [0.3, 0.4) is 0 Å². The maximum Gasteiger partial charge on any atom is 0.321 e. The van der Waals surface area contributed by atoms with Crippen molar-refractivity contribution in [2.75, 3.05) is 12.8 Å². The summed E-state index contributed by atoms with van der Waals surface area (Å²) in [5, 5.41) is 12.3. The molecule has 0 aliphatic carbocycles. The van der Waals surface area contributed by atoms with Crippen LogP contribution in [0.2, 0.25) is 0 Å². The number of hydrogen-bond acceptors (Lipinski definition) is 7. The number of urea groups is 1. The maximum atomic E-state index is 12.4. The van der Waals surface area contributed by atoms with E-state index in [9.17, 15) is 9.59 Å². The Hall–Kier alpha value is -1.58. The zero-order chi connectivity index (χ0) is 16.7. The highest BCUT2D eigenvalue weighted by atomic mass is 32.2. The number of rotatable bonds is 6. The average Bonchev–Trinajstić information content (AvgIpc) is 3.01. The summed E-state index contributed by atoms with van der Waals surface area (Å²) in [7, 11) is 1.46. The van der Waals surface area contributed by atoms with Crippen LogP contribution in [0.1, 0.15) is 17.7 Å². The summed E-state index contributed by atoms with van der Waals surface area (Å²) in [5.74, 6) is 0.527. The van der Waals surface area contributed by atoms with E-state index in [1.807, 2.05) is 37.3 Å². The molecule has 0 unspecified atom stereocenters. The van der Waals surface area contributed by atoms with E-state index < -0.39 is 11.3 Å². The molecule has 3 amide bonds. The molecule has 1 atom stereocenters. The van der Waals surface area contributed by atoms with Gasteiger partial charge >= 0.3 is 6.03 Å². The Kier molecular flexibility index (Phi) is 6.87. The van der Waals surface area contributed by atoms with E-state index in [-0.39, 0.29) is 5.91 Å². The summed E-state index contributed by atoms with van der Waals surface area (Å²) in [4.78, 5) is 23.8. The molecular formula is C14H16N4O2S3. The third-order valence-corrected chi connectivity index (χ3v) is 5.96. The molecule has 1 heterocycles. The second-order valence-corrected chi connectivity index (χ2v) is 8.08. The fourth-order valence-electron chi connectivity index (χ4n) is 1.67. The van der Waals surface area contributed by atoms with Gasteiger partial charge in [0.15, 0.2) is 8.68 Å². The molecule has 0 bridgehead atoms. The minimum Gasteiger partial charge on any atom is -0.341 e. The molecule has 0 saturated heterocycles. The fourth-order valence-corrected chi connectivity index (χ4v) is 4.78. The van der Waals surface area contributed by atoms with Crippen molar-refractivity contribution in [2.24, 2.45) is 0 Å². The van der Waals surface area contributed by atoms with Gasteiger partial charge < -0.3 is 5.32 Å². The lowest BCUT2D eigenvalue weighted by Gasteiger charge is -2.14. The first-order valence-corrected chi connectivity index (χ1v) is 9.52. The number of amides is 3. The monoisotopic (exact) mass is 368 g/mol. The molecule has 2 N–H and O–H groups in total. The molecule has 23 heavy (non-hydrogen) atoms. The number of carbonyl (C=O) groups excluding carboxylic acids is 2. The SMILES string of the molecule is CCSc1nnc(S[C@H](C(=O)NC(=O)NC)c2ccccc2)s1. The zero-order valence-electron chi connectivity index (χ0n) is 12.6. The molecule has 1 aromatic carbocycles. The summed E-state index contributed by atoms with van der Waals surface area (Å²) in [6.45, 7) is 2.04. The van der Waals surface area contributed by atoms with Crippen LogP contribution >= 0.6 is 34.9 Å². The normalized spacial score (nSPS) is 11.7. The van der Waals surface area contributed by atoms with E-state index >= 15 is 0 Å². The summed E-state index contributed by atoms with van der Waals surface area (Å²) in [6.07, 6.45) is 0. The van der Waals surface area contributed by atoms with Crippen LogP contribution in [-0.2, 0) is 4.79 Å². The predicted molar refractivity (Wildman–Crippen MR) is 93.9 cm³/mol. The number of nitrogens with one attached hydrogen (secondary N) is 2. The summed E-state index contributed by atoms with van der Waals surface area (Å²) < 4.78 is 1.57. The topological polar surface area (TPSA) is 84.0 Å². The molecule has 0 aliphatic heterocycles. The molecule has 2 aromatic rings. The Labute approximate surface area is 146 Å². The fraction of sp³-hybridized carbons (Fsp3) is 0.286. The van der Waals surface area contributed by atoms with E-state index in [0.29, 0.717) is 4.34 Å². The van der Waals surface area contributed by atoms with Crippen molar-refractivity contribution in [3.05, 3.63) is 35.9 Å². The number of imide groups is 1. The first-order valence-electron chi connectivity index (χ1n) is 6.84. The van der Waals surface area contributed by atoms with Gasteiger partial charge in [0.2, 0.25) is 5.91 Å². The zero-order valence-corrected chi connectivity index (χ0v) is 15.1. The van der Waals surface area contributed by atoms with Crippen molar-refractivity contribution in [1.82, 2.24) is 20.8 Å². The second-order valence-electron chi connectivity index (χ2n) is 4.24. The van der Waals surface area contributed by atoms with Gasteiger partial charge in [-0.3, -0.25) is 10.1 Å². The maximum absolute atomic E-state index is 12.4. The molecule has 6 nitrogen and oxygen atoms in total. The van der Waals surface area contributed by atoms with Crippen molar-refractivity contribution in [2.45, 2.75) is 20.9 Å². The summed E-state index contributed by atoms with van der Waals surface area (Å²) >= 11 is 4.34. The van der Waals surface area contributed by atoms with Gasteiger partial charge in [-0.15, -0.1) is 10.2 Å². The number of aromatic nitrogens is 2. The Morgan fingerprint density at radius 2 is 1.91 bits per heavy atom. The largest absolute Gasteiger partial charge is 0.341 e. The van der Waals surface area contributed by atoms with E-state index in [2.05, 4.69) is 20.8 Å². The number of benzene rings is 1.